The summed E-state index contributed by atoms with van der Waals surface area (Å²) in [6.07, 6.45) is 0. The van der Waals surface area contributed by atoms with Crippen molar-refractivity contribution in [1.29, 1.82) is 5.26 Å². The summed E-state index contributed by atoms with van der Waals surface area (Å²) >= 11 is 2.10. The lowest BCUT2D eigenvalue weighted by atomic mass is 10.1. The van der Waals surface area contributed by atoms with Gasteiger partial charge in [0.05, 0.1) is 11.6 Å². The molecule has 0 bridgehead atoms. The van der Waals surface area contributed by atoms with Crippen LogP contribution in [0.2, 0.25) is 0 Å². The van der Waals surface area contributed by atoms with Gasteiger partial charge in [0.15, 0.2) is 0 Å². The van der Waals surface area contributed by atoms with Crippen molar-refractivity contribution in [3.63, 3.8) is 0 Å². The average Bonchev–Trinajstić information content (AvgIpc) is 2.42. The first-order chi connectivity index (χ1) is 9.10. The molecule has 0 radical (unpaired) electrons. The zero-order valence-electron chi connectivity index (χ0n) is 10.3. The summed E-state index contributed by atoms with van der Waals surface area (Å²) in [5, 5.41) is 12.2. The van der Waals surface area contributed by atoms with Crippen molar-refractivity contribution in [2.24, 2.45) is 0 Å². The molecule has 0 aliphatic carbocycles. The minimum Gasteiger partial charge on any atom is -0.378 e. The van der Waals surface area contributed by atoms with Crippen molar-refractivity contribution in [2.75, 3.05) is 5.32 Å². The molecule has 0 aromatic heterocycles. The molecule has 0 aliphatic rings. The first kappa shape index (κ1) is 13.8. The number of hydrogen-bond donors (Lipinski definition) is 1. The van der Waals surface area contributed by atoms with Gasteiger partial charge in [-0.3, -0.25) is 0 Å². The molecule has 0 heterocycles. The summed E-state index contributed by atoms with van der Waals surface area (Å²) in [5.74, 6) is -0.242. The third-order valence-corrected chi connectivity index (χ3v) is 3.71. The molecule has 2 aromatic rings. The first-order valence-corrected chi connectivity index (χ1v) is 6.89. The Labute approximate surface area is 125 Å². The number of rotatable bonds is 3. The van der Waals surface area contributed by atoms with Crippen LogP contribution >= 0.6 is 22.6 Å². The van der Waals surface area contributed by atoms with Crippen molar-refractivity contribution in [1.82, 2.24) is 0 Å². The van der Waals surface area contributed by atoms with Crippen LogP contribution in [0.3, 0.4) is 0 Å². The summed E-state index contributed by atoms with van der Waals surface area (Å²) in [4.78, 5) is 0. The van der Waals surface area contributed by atoms with Crippen LogP contribution in [0.1, 0.15) is 24.1 Å². The lowest BCUT2D eigenvalue weighted by molar-refractivity contribution is 0.627. The van der Waals surface area contributed by atoms with Crippen molar-refractivity contribution >= 4 is 28.3 Å². The number of nitrogens with zero attached hydrogens (tertiary/aromatic N) is 1. The van der Waals surface area contributed by atoms with Crippen LogP contribution in [-0.2, 0) is 0 Å². The van der Waals surface area contributed by atoms with E-state index in [1.807, 2.05) is 25.1 Å². The second kappa shape index (κ2) is 6.02. The van der Waals surface area contributed by atoms with Gasteiger partial charge in [-0.05, 0) is 65.4 Å². The third kappa shape index (κ3) is 3.44. The molecule has 4 heteroatoms. The second-order valence-electron chi connectivity index (χ2n) is 4.23. The molecule has 1 N–H and O–H groups in total. The van der Waals surface area contributed by atoms with Gasteiger partial charge in [0.25, 0.3) is 0 Å². The van der Waals surface area contributed by atoms with E-state index in [-0.39, 0.29) is 11.9 Å². The van der Waals surface area contributed by atoms with Crippen molar-refractivity contribution < 1.29 is 4.39 Å². The van der Waals surface area contributed by atoms with E-state index in [0.717, 1.165) is 14.8 Å². The Morgan fingerprint density at radius 1 is 1.26 bits per heavy atom. The fourth-order valence-electron chi connectivity index (χ4n) is 1.80. The molecular weight excluding hydrogens is 354 g/mol. The van der Waals surface area contributed by atoms with Crippen LogP contribution in [0, 0.1) is 20.7 Å². The zero-order valence-corrected chi connectivity index (χ0v) is 12.5. The largest absolute Gasteiger partial charge is 0.378 e. The monoisotopic (exact) mass is 366 g/mol. The molecule has 2 nitrogen and oxygen atoms in total. The molecule has 0 saturated heterocycles. The highest BCUT2D eigenvalue weighted by Crippen LogP contribution is 2.24. The lowest BCUT2D eigenvalue weighted by Gasteiger charge is -2.17. The van der Waals surface area contributed by atoms with E-state index in [1.165, 1.54) is 12.1 Å². The van der Waals surface area contributed by atoms with Gasteiger partial charge in [-0.2, -0.15) is 5.26 Å². The van der Waals surface area contributed by atoms with Crippen LogP contribution in [0.15, 0.2) is 42.5 Å². The molecule has 1 unspecified atom stereocenters. The molecule has 2 rings (SSSR count). The lowest BCUT2D eigenvalue weighted by Crippen LogP contribution is -2.08. The summed E-state index contributed by atoms with van der Waals surface area (Å²) in [6, 6.07) is 14.3. The summed E-state index contributed by atoms with van der Waals surface area (Å²) in [7, 11) is 0. The molecule has 2 aromatic carbocycles. The van der Waals surface area contributed by atoms with Crippen LogP contribution in [0.4, 0.5) is 10.1 Å². The number of hydrogen-bond acceptors (Lipinski definition) is 2. The van der Waals surface area contributed by atoms with Crippen LogP contribution in [0.25, 0.3) is 0 Å². The Bertz CT molecular complexity index is 634. The Morgan fingerprint density at radius 2 is 2.05 bits per heavy atom. The van der Waals surface area contributed by atoms with Gasteiger partial charge in [0.1, 0.15) is 5.82 Å². The van der Waals surface area contributed by atoms with Gasteiger partial charge in [0.2, 0.25) is 0 Å². The van der Waals surface area contributed by atoms with E-state index >= 15 is 0 Å². The van der Waals surface area contributed by atoms with E-state index in [0.29, 0.717) is 5.56 Å². The molecule has 0 aliphatic heterocycles. The molecule has 0 saturated carbocycles. The molecule has 0 spiro atoms. The van der Waals surface area contributed by atoms with Crippen LogP contribution in [-0.4, -0.2) is 0 Å². The first-order valence-electron chi connectivity index (χ1n) is 5.82. The number of halogens is 2. The normalized spacial score (nSPS) is 11.7. The summed E-state index contributed by atoms with van der Waals surface area (Å²) in [6.45, 7) is 2.01. The maximum absolute atomic E-state index is 13.0. The van der Waals surface area contributed by atoms with Crippen molar-refractivity contribution in [2.45, 2.75) is 13.0 Å². The number of benzene rings is 2. The number of nitriles is 1. The molecular formula is C15H12FIN2. The minimum absolute atomic E-state index is 0.0484. The number of nitrogens with one attached hydrogen (secondary N) is 1. The third-order valence-electron chi connectivity index (χ3n) is 2.82. The number of anilines is 1. The fraction of sp³-hybridized carbons (Fsp3) is 0.133. The predicted octanol–water partition coefficient (Wildman–Crippen LogP) is 4.48. The second-order valence-corrected chi connectivity index (χ2v) is 5.39. The zero-order chi connectivity index (χ0) is 13.8. The van der Waals surface area contributed by atoms with Gasteiger partial charge in [-0.25, -0.2) is 4.39 Å². The van der Waals surface area contributed by atoms with Gasteiger partial charge < -0.3 is 5.32 Å². The van der Waals surface area contributed by atoms with E-state index in [1.54, 1.807) is 12.1 Å². The van der Waals surface area contributed by atoms with E-state index in [2.05, 4.69) is 34.0 Å². The minimum atomic E-state index is -0.242. The Kier molecular flexibility index (Phi) is 4.38. The SMILES string of the molecule is CC(Nc1ccc(F)cc1I)c1cccc(C#N)c1. The summed E-state index contributed by atoms with van der Waals surface area (Å²) in [5.41, 5.74) is 2.55. The van der Waals surface area contributed by atoms with Crippen LogP contribution in [0.5, 0.6) is 0 Å². The molecule has 19 heavy (non-hydrogen) atoms. The fourth-order valence-corrected chi connectivity index (χ4v) is 2.43. The van der Waals surface area contributed by atoms with Gasteiger partial charge in [0, 0.05) is 15.3 Å². The maximum atomic E-state index is 13.0. The Hall–Kier alpha value is -1.61. The predicted molar refractivity (Wildman–Crippen MR) is 82.3 cm³/mol. The maximum Gasteiger partial charge on any atom is 0.124 e. The standard InChI is InChI=1S/C15H12FIN2/c1-10(12-4-2-3-11(7-12)9-18)19-15-6-5-13(16)8-14(15)17/h2-8,10,19H,1H3. The van der Waals surface area contributed by atoms with Gasteiger partial charge in [-0.15, -0.1) is 0 Å². The van der Waals surface area contributed by atoms with Gasteiger partial charge in [-0.1, -0.05) is 12.1 Å². The highest BCUT2D eigenvalue weighted by molar-refractivity contribution is 14.1. The quantitative estimate of drug-likeness (QED) is 0.814. The smallest absolute Gasteiger partial charge is 0.124 e. The van der Waals surface area contributed by atoms with Gasteiger partial charge >= 0.3 is 0 Å². The Balaban J connectivity index is 2.20. The van der Waals surface area contributed by atoms with E-state index < -0.39 is 0 Å². The van der Waals surface area contributed by atoms with Crippen molar-refractivity contribution in [3.05, 3.63) is 63.0 Å². The highest BCUT2D eigenvalue weighted by atomic mass is 127. The molecule has 0 fully saturated rings. The summed E-state index contributed by atoms with van der Waals surface area (Å²) < 4.78 is 13.9. The van der Waals surface area contributed by atoms with Crippen molar-refractivity contribution in [3.8, 4) is 6.07 Å². The average molecular weight is 366 g/mol. The van der Waals surface area contributed by atoms with E-state index in [9.17, 15) is 4.39 Å². The molecule has 0 amide bonds. The van der Waals surface area contributed by atoms with E-state index in [4.69, 9.17) is 5.26 Å². The topological polar surface area (TPSA) is 35.8 Å². The van der Waals surface area contributed by atoms with Crippen LogP contribution < -0.4 is 5.32 Å². The highest BCUT2D eigenvalue weighted by Gasteiger charge is 2.08. The molecule has 96 valence electrons. The Morgan fingerprint density at radius 3 is 2.74 bits per heavy atom. The molecule has 1 atom stereocenters.